The maximum absolute atomic E-state index is 12.1. The number of aromatic hydroxyl groups is 1. The fourth-order valence-electron chi connectivity index (χ4n) is 1.98. The van der Waals surface area contributed by atoms with E-state index in [1.807, 2.05) is 0 Å². The number of furan rings is 1. The molecule has 1 heterocycles. The highest BCUT2D eigenvalue weighted by molar-refractivity contribution is 6.32. The second kappa shape index (κ2) is 6.06. The molecule has 0 atom stereocenters. The highest BCUT2D eigenvalue weighted by atomic mass is 35.5. The van der Waals surface area contributed by atoms with Crippen LogP contribution in [0.2, 0.25) is 5.02 Å². The third kappa shape index (κ3) is 3.28. The van der Waals surface area contributed by atoms with Gasteiger partial charge < -0.3 is 14.3 Å². The van der Waals surface area contributed by atoms with Gasteiger partial charge in [-0.05, 0) is 43.7 Å². The number of phenols is 1. The van der Waals surface area contributed by atoms with Gasteiger partial charge in [0.15, 0.2) is 17.3 Å². The Kier molecular flexibility index (Phi) is 4.38. The summed E-state index contributed by atoms with van der Waals surface area (Å²) >= 11 is 5.89. The second-order valence-electron chi connectivity index (χ2n) is 4.58. The first-order valence-electron chi connectivity index (χ1n) is 6.28. The summed E-state index contributed by atoms with van der Waals surface area (Å²) in [4.78, 5) is 12.1. The molecule has 0 aliphatic rings. The zero-order valence-corrected chi connectivity index (χ0v) is 12.7. The van der Waals surface area contributed by atoms with E-state index in [2.05, 4.69) is 0 Å². The Balaban J connectivity index is 2.27. The van der Waals surface area contributed by atoms with Gasteiger partial charge in [0.1, 0.15) is 11.5 Å². The first-order valence-corrected chi connectivity index (χ1v) is 6.66. The average Bonchev–Trinajstić information content (AvgIpc) is 2.78. The number of rotatable bonds is 4. The minimum absolute atomic E-state index is 0.121. The molecule has 0 amide bonds. The highest BCUT2D eigenvalue weighted by Gasteiger charge is 2.11. The molecule has 0 radical (unpaired) electrons. The summed E-state index contributed by atoms with van der Waals surface area (Å²) in [5, 5.41) is 9.82. The van der Waals surface area contributed by atoms with Gasteiger partial charge in [0.05, 0.1) is 17.7 Å². The number of aryl methyl sites for hydroxylation is 2. The van der Waals surface area contributed by atoms with E-state index in [-0.39, 0.29) is 22.3 Å². The van der Waals surface area contributed by atoms with Crippen LogP contribution >= 0.6 is 11.6 Å². The monoisotopic (exact) mass is 306 g/mol. The number of halogens is 1. The van der Waals surface area contributed by atoms with Crippen molar-refractivity contribution in [3.05, 3.63) is 51.9 Å². The van der Waals surface area contributed by atoms with Crippen LogP contribution < -0.4 is 4.74 Å². The topological polar surface area (TPSA) is 59.7 Å². The van der Waals surface area contributed by atoms with Crippen LogP contribution in [0, 0.1) is 13.8 Å². The Morgan fingerprint density at radius 3 is 2.62 bits per heavy atom. The predicted molar refractivity (Wildman–Crippen MR) is 81.2 cm³/mol. The van der Waals surface area contributed by atoms with Gasteiger partial charge in [-0.15, -0.1) is 0 Å². The Labute approximate surface area is 127 Å². The molecule has 0 saturated heterocycles. The van der Waals surface area contributed by atoms with E-state index >= 15 is 0 Å². The molecule has 4 nitrogen and oxygen atoms in total. The van der Waals surface area contributed by atoms with E-state index in [9.17, 15) is 9.90 Å². The number of methoxy groups -OCH3 is 1. The molecule has 1 N–H and O–H groups in total. The van der Waals surface area contributed by atoms with Gasteiger partial charge in [-0.25, -0.2) is 0 Å². The van der Waals surface area contributed by atoms with Gasteiger partial charge in [0.2, 0.25) is 0 Å². The Morgan fingerprint density at radius 2 is 2.05 bits per heavy atom. The van der Waals surface area contributed by atoms with Gasteiger partial charge in [0.25, 0.3) is 0 Å². The number of allylic oxidation sites excluding steroid dienone is 1. The first-order chi connectivity index (χ1) is 9.92. The van der Waals surface area contributed by atoms with Gasteiger partial charge >= 0.3 is 0 Å². The molecule has 110 valence electrons. The average molecular weight is 307 g/mol. The lowest BCUT2D eigenvalue weighted by molar-refractivity contribution is 0.104. The van der Waals surface area contributed by atoms with Crippen LogP contribution in [0.25, 0.3) is 6.08 Å². The van der Waals surface area contributed by atoms with Crippen LogP contribution in [0.4, 0.5) is 0 Å². The summed E-state index contributed by atoms with van der Waals surface area (Å²) in [6.45, 7) is 3.53. The smallest absolute Gasteiger partial charge is 0.189 e. The molecule has 2 rings (SSSR count). The van der Waals surface area contributed by atoms with E-state index < -0.39 is 0 Å². The number of carbonyl (C=O) groups excluding carboxylic acids is 1. The molecule has 0 saturated carbocycles. The summed E-state index contributed by atoms with van der Waals surface area (Å²) in [6, 6.07) is 4.85. The van der Waals surface area contributed by atoms with E-state index in [4.69, 9.17) is 20.8 Å². The lowest BCUT2D eigenvalue weighted by atomic mass is 10.1. The minimum atomic E-state index is -0.160. The van der Waals surface area contributed by atoms with Crippen molar-refractivity contribution >= 4 is 23.5 Å². The number of hydrogen-bond acceptors (Lipinski definition) is 4. The number of carbonyl (C=O) groups is 1. The van der Waals surface area contributed by atoms with E-state index in [1.165, 1.54) is 13.2 Å². The van der Waals surface area contributed by atoms with Crippen LogP contribution in [0.5, 0.6) is 11.5 Å². The Bertz CT molecular complexity index is 713. The van der Waals surface area contributed by atoms with Crippen molar-refractivity contribution < 1.29 is 19.1 Å². The fraction of sp³-hybridized carbons (Fsp3) is 0.188. The van der Waals surface area contributed by atoms with Crippen LogP contribution in [0.15, 0.2) is 28.7 Å². The normalized spacial score (nSPS) is 11.0. The van der Waals surface area contributed by atoms with Gasteiger partial charge in [-0.1, -0.05) is 17.7 Å². The summed E-state index contributed by atoms with van der Waals surface area (Å²) in [6.07, 6.45) is 3.04. The maximum atomic E-state index is 12.1. The van der Waals surface area contributed by atoms with Crippen molar-refractivity contribution in [1.29, 1.82) is 0 Å². The van der Waals surface area contributed by atoms with Crippen molar-refractivity contribution in [2.75, 3.05) is 7.11 Å². The number of ketones is 1. The molecule has 0 fully saturated rings. The third-order valence-electron chi connectivity index (χ3n) is 3.00. The third-order valence-corrected chi connectivity index (χ3v) is 3.29. The molecule has 2 aromatic rings. The van der Waals surface area contributed by atoms with Crippen LogP contribution in [0.3, 0.4) is 0 Å². The number of phenolic OH excluding ortho intramolecular Hbond substituents is 1. The molecule has 0 spiro atoms. The summed E-state index contributed by atoms with van der Waals surface area (Å²) in [5.74, 6) is 1.25. The highest BCUT2D eigenvalue weighted by Crippen LogP contribution is 2.35. The maximum Gasteiger partial charge on any atom is 0.189 e. The van der Waals surface area contributed by atoms with Crippen LogP contribution in [0.1, 0.15) is 27.4 Å². The van der Waals surface area contributed by atoms with Crippen molar-refractivity contribution in [2.45, 2.75) is 13.8 Å². The Hall–Kier alpha value is -2.20. The molecular formula is C16H15ClO4. The summed E-state index contributed by atoms with van der Waals surface area (Å²) in [5.41, 5.74) is 1.18. The van der Waals surface area contributed by atoms with Gasteiger partial charge in [-0.2, -0.15) is 0 Å². The first kappa shape index (κ1) is 15.2. The van der Waals surface area contributed by atoms with E-state index in [0.717, 1.165) is 0 Å². The number of ether oxygens (including phenoxy) is 1. The quantitative estimate of drug-likeness (QED) is 0.680. The lowest BCUT2D eigenvalue weighted by Crippen LogP contribution is -1.94. The zero-order chi connectivity index (χ0) is 15.6. The molecule has 0 aliphatic heterocycles. The molecule has 0 aliphatic carbocycles. The van der Waals surface area contributed by atoms with Crippen LogP contribution in [-0.4, -0.2) is 18.0 Å². The van der Waals surface area contributed by atoms with Gasteiger partial charge in [0, 0.05) is 0 Å². The molecule has 0 bridgehead atoms. The van der Waals surface area contributed by atoms with Crippen molar-refractivity contribution in [1.82, 2.24) is 0 Å². The molecular weight excluding hydrogens is 292 g/mol. The largest absolute Gasteiger partial charge is 0.503 e. The molecule has 0 unspecified atom stereocenters. The minimum Gasteiger partial charge on any atom is -0.503 e. The molecule has 1 aromatic carbocycles. The van der Waals surface area contributed by atoms with Crippen molar-refractivity contribution in [3.8, 4) is 11.5 Å². The predicted octanol–water partition coefficient (Wildman–Crippen LogP) is 4.16. The lowest BCUT2D eigenvalue weighted by Gasteiger charge is -2.06. The Morgan fingerprint density at radius 1 is 1.33 bits per heavy atom. The van der Waals surface area contributed by atoms with Crippen molar-refractivity contribution in [3.63, 3.8) is 0 Å². The molecule has 1 aromatic heterocycles. The van der Waals surface area contributed by atoms with E-state index in [0.29, 0.717) is 22.6 Å². The SMILES string of the molecule is COc1cc(/C=C/C(=O)c2cc(C)oc2C)cc(Cl)c1O. The molecule has 5 heteroatoms. The summed E-state index contributed by atoms with van der Waals surface area (Å²) in [7, 11) is 1.43. The summed E-state index contributed by atoms with van der Waals surface area (Å²) < 4.78 is 10.3. The zero-order valence-electron chi connectivity index (χ0n) is 11.9. The number of hydrogen-bond donors (Lipinski definition) is 1. The van der Waals surface area contributed by atoms with E-state index in [1.54, 1.807) is 38.1 Å². The van der Waals surface area contributed by atoms with Gasteiger partial charge in [-0.3, -0.25) is 4.79 Å². The number of benzene rings is 1. The fourth-order valence-corrected chi connectivity index (χ4v) is 2.20. The standard InChI is InChI=1S/C16H15ClO4/c1-9-6-12(10(2)21-9)14(18)5-4-11-7-13(17)16(19)15(8-11)20-3/h4-8,19H,1-3H3/b5-4+. The second-order valence-corrected chi connectivity index (χ2v) is 4.99. The van der Waals surface area contributed by atoms with Crippen molar-refractivity contribution in [2.24, 2.45) is 0 Å². The van der Waals surface area contributed by atoms with Crippen LogP contribution in [-0.2, 0) is 0 Å². The molecule has 21 heavy (non-hydrogen) atoms.